The highest BCUT2D eigenvalue weighted by molar-refractivity contribution is 5.58. The average Bonchev–Trinajstić information content (AvgIpc) is 3.03. The fourth-order valence-corrected chi connectivity index (χ4v) is 2.02. The van der Waals surface area contributed by atoms with E-state index in [1.807, 2.05) is 0 Å². The van der Waals surface area contributed by atoms with Crippen LogP contribution in [0.1, 0.15) is 0 Å². The molecule has 0 fully saturated rings. The largest absolute Gasteiger partial charge is 0.424 e. The van der Waals surface area contributed by atoms with E-state index in [0.29, 0.717) is 22.7 Å². The highest BCUT2D eigenvalue weighted by Gasteiger charge is 2.06. The molecule has 0 N–H and O–H groups in total. The van der Waals surface area contributed by atoms with Crippen LogP contribution in [0.5, 0.6) is 11.8 Å². The topological polar surface area (TPSA) is 78.1 Å². The van der Waals surface area contributed by atoms with E-state index in [1.165, 1.54) is 18.5 Å². The SMILES string of the molecule is Fc1cccc(Oc2ncc(-c3ccc4nncn4n3)cn2)c1. The van der Waals surface area contributed by atoms with Crippen molar-refractivity contribution in [2.75, 3.05) is 0 Å². The Balaban J connectivity index is 1.59. The lowest BCUT2D eigenvalue weighted by Crippen LogP contribution is -1.96. The molecular weight excluding hydrogens is 299 g/mol. The Morgan fingerprint density at radius 1 is 1.04 bits per heavy atom. The molecule has 0 radical (unpaired) electrons. The number of hydrogen-bond donors (Lipinski definition) is 0. The van der Waals surface area contributed by atoms with Crippen LogP contribution >= 0.6 is 0 Å². The van der Waals surface area contributed by atoms with Crippen molar-refractivity contribution in [1.29, 1.82) is 0 Å². The zero-order valence-electron chi connectivity index (χ0n) is 11.7. The fourth-order valence-electron chi connectivity index (χ4n) is 2.02. The van der Waals surface area contributed by atoms with Gasteiger partial charge in [-0.25, -0.2) is 14.4 Å². The van der Waals surface area contributed by atoms with Gasteiger partial charge in [0.2, 0.25) is 0 Å². The molecule has 0 aliphatic carbocycles. The summed E-state index contributed by atoms with van der Waals surface area (Å²) >= 11 is 0. The summed E-state index contributed by atoms with van der Waals surface area (Å²) in [6, 6.07) is 9.51. The van der Waals surface area contributed by atoms with Crippen LogP contribution in [0.3, 0.4) is 0 Å². The van der Waals surface area contributed by atoms with E-state index in [2.05, 4.69) is 25.3 Å². The van der Waals surface area contributed by atoms with Crippen molar-refractivity contribution < 1.29 is 9.13 Å². The highest BCUT2D eigenvalue weighted by atomic mass is 19.1. The van der Waals surface area contributed by atoms with Crippen molar-refractivity contribution in [3.8, 4) is 23.0 Å². The molecule has 0 saturated carbocycles. The van der Waals surface area contributed by atoms with Crippen molar-refractivity contribution >= 4 is 5.65 Å². The number of aromatic nitrogens is 6. The van der Waals surface area contributed by atoms with Crippen LogP contribution in [0.2, 0.25) is 0 Å². The molecule has 0 saturated heterocycles. The number of hydrogen-bond acceptors (Lipinski definition) is 6. The van der Waals surface area contributed by atoms with Crippen molar-refractivity contribution in [1.82, 2.24) is 29.8 Å². The van der Waals surface area contributed by atoms with Crippen LogP contribution in [-0.2, 0) is 0 Å². The molecule has 4 rings (SSSR count). The lowest BCUT2D eigenvalue weighted by molar-refractivity contribution is 0.438. The third-order valence-electron chi connectivity index (χ3n) is 3.09. The number of ether oxygens (including phenoxy) is 1. The Bertz CT molecular complexity index is 969. The molecule has 1 aromatic carbocycles. The van der Waals surface area contributed by atoms with E-state index in [-0.39, 0.29) is 11.8 Å². The second-order valence-electron chi connectivity index (χ2n) is 4.67. The molecule has 4 aromatic rings. The summed E-state index contributed by atoms with van der Waals surface area (Å²) < 4.78 is 20.1. The van der Waals surface area contributed by atoms with Crippen LogP contribution < -0.4 is 4.74 Å². The summed E-state index contributed by atoms with van der Waals surface area (Å²) in [6.07, 6.45) is 4.68. The highest BCUT2D eigenvalue weighted by Crippen LogP contribution is 2.20. The van der Waals surface area contributed by atoms with Crippen LogP contribution in [0, 0.1) is 5.82 Å². The van der Waals surface area contributed by atoms with Gasteiger partial charge in [0.15, 0.2) is 5.65 Å². The standard InChI is InChI=1S/C15H9FN6O/c16-11-2-1-3-12(6-11)23-15-17-7-10(8-18-15)13-4-5-14-20-19-9-22(14)21-13/h1-9H. The molecule has 0 aliphatic rings. The van der Waals surface area contributed by atoms with Gasteiger partial charge < -0.3 is 4.74 Å². The van der Waals surface area contributed by atoms with E-state index >= 15 is 0 Å². The second kappa shape index (κ2) is 5.41. The molecule has 0 bridgehead atoms. The van der Waals surface area contributed by atoms with Gasteiger partial charge in [-0.05, 0) is 24.3 Å². The zero-order chi connectivity index (χ0) is 15.6. The minimum atomic E-state index is -0.384. The molecule has 8 heteroatoms. The smallest absolute Gasteiger partial charge is 0.321 e. The Labute approximate surface area is 129 Å². The first-order chi connectivity index (χ1) is 11.3. The van der Waals surface area contributed by atoms with E-state index in [0.717, 1.165) is 0 Å². The lowest BCUT2D eigenvalue weighted by Gasteiger charge is -2.04. The Morgan fingerprint density at radius 3 is 2.74 bits per heavy atom. The minimum absolute atomic E-state index is 0.129. The molecule has 112 valence electrons. The molecule has 0 spiro atoms. The molecule has 0 amide bonds. The number of fused-ring (bicyclic) bond motifs is 1. The van der Waals surface area contributed by atoms with Crippen LogP contribution in [0.15, 0.2) is 55.1 Å². The first kappa shape index (κ1) is 13.3. The maximum absolute atomic E-state index is 13.1. The summed E-state index contributed by atoms with van der Waals surface area (Å²) in [4.78, 5) is 8.22. The fraction of sp³-hybridized carbons (Fsp3) is 0. The van der Waals surface area contributed by atoms with E-state index in [1.54, 1.807) is 41.2 Å². The zero-order valence-corrected chi connectivity index (χ0v) is 11.7. The van der Waals surface area contributed by atoms with Crippen LogP contribution in [0.25, 0.3) is 16.9 Å². The van der Waals surface area contributed by atoms with Crippen LogP contribution in [0.4, 0.5) is 4.39 Å². The van der Waals surface area contributed by atoms with Crippen LogP contribution in [-0.4, -0.2) is 29.8 Å². The van der Waals surface area contributed by atoms with E-state index in [4.69, 9.17) is 4.74 Å². The summed E-state index contributed by atoms with van der Waals surface area (Å²) in [5.74, 6) is -0.0488. The first-order valence-electron chi connectivity index (χ1n) is 6.71. The molecule has 23 heavy (non-hydrogen) atoms. The van der Waals surface area contributed by atoms with E-state index < -0.39 is 0 Å². The Hall–Kier alpha value is -3.42. The number of rotatable bonds is 3. The Morgan fingerprint density at radius 2 is 1.91 bits per heavy atom. The molecular formula is C15H9FN6O. The van der Waals surface area contributed by atoms with Gasteiger partial charge in [0, 0.05) is 24.0 Å². The summed E-state index contributed by atoms with van der Waals surface area (Å²) in [5, 5.41) is 12.0. The maximum Gasteiger partial charge on any atom is 0.321 e. The summed E-state index contributed by atoms with van der Waals surface area (Å²) in [6.45, 7) is 0. The maximum atomic E-state index is 13.1. The van der Waals surface area contributed by atoms with Crippen molar-refractivity contribution in [2.45, 2.75) is 0 Å². The number of nitrogens with zero attached hydrogens (tertiary/aromatic N) is 6. The monoisotopic (exact) mass is 308 g/mol. The van der Waals surface area contributed by atoms with Crippen molar-refractivity contribution in [3.63, 3.8) is 0 Å². The molecule has 0 atom stereocenters. The lowest BCUT2D eigenvalue weighted by atomic mass is 10.2. The minimum Gasteiger partial charge on any atom is -0.424 e. The molecule has 3 aromatic heterocycles. The quantitative estimate of drug-likeness (QED) is 0.578. The second-order valence-corrected chi connectivity index (χ2v) is 4.67. The number of halogens is 1. The van der Waals surface area contributed by atoms with Gasteiger partial charge in [-0.1, -0.05) is 6.07 Å². The normalized spacial score (nSPS) is 10.8. The van der Waals surface area contributed by atoms with Gasteiger partial charge >= 0.3 is 6.01 Å². The summed E-state index contributed by atoms with van der Waals surface area (Å²) in [5.41, 5.74) is 2.04. The van der Waals surface area contributed by atoms with Gasteiger partial charge in [0.05, 0.1) is 5.69 Å². The number of benzene rings is 1. The van der Waals surface area contributed by atoms with Gasteiger partial charge in [-0.15, -0.1) is 10.2 Å². The van der Waals surface area contributed by atoms with Gasteiger partial charge in [0.25, 0.3) is 0 Å². The third kappa shape index (κ3) is 2.69. The third-order valence-corrected chi connectivity index (χ3v) is 3.09. The summed E-state index contributed by atoms with van der Waals surface area (Å²) in [7, 11) is 0. The predicted molar refractivity (Wildman–Crippen MR) is 78.3 cm³/mol. The molecule has 7 nitrogen and oxygen atoms in total. The van der Waals surface area contributed by atoms with Gasteiger partial charge in [-0.3, -0.25) is 0 Å². The molecule has 0 unspecified atom stereocenters. The van der Waals surface area contributed by atoms with Crippen molar-refractivity contribution in [3.05, 3.63) is 60.9 Å². The average molecular weight is 308 g/mol. The Kier molecular flexibility index (Phi) is 3.12. The molecule has 3 heterocycles. The van der Waals surface area contributed by atoms with E-state index in [9.17, 15) is 4.39 Å². The van der Waals surface area contributed by atoms with Crippen molar-refractivity contribution in [2.24, 2.45) is 0 Å². The van der Waals surface area contributed by atoms with Gasteiger partial charge in [-0.2, -0.15) is 9.61 Å². The predicted octanol–water partition coefficient (Wildman–Crippen LogP) is 2.51. The first-order valence-corrected chi connectivity index (χ1v) is 6.71. The van der Waals surface area contributed by atoms with Gasteiger partial charge in [0.1, 0.15) is 17.9 Å². The molecule has 0 aliphatic heterocycles.